The summed E-state index contributed by atoms with van der Waals surface area (Å²) < 4.78 is 0. The van der Waals surface area contributed by atoms with Gasteiger partial charge in [-0.2, -0.15) is 0 Å². The minimum absolute atomic E-state index is 0.382. The number of nitrogens with two attached hydrogens (primary N) is 1. The highest BCUT2D eigenvalue weighted by atomic mass is 14.7. The molecular formula is C11H17N. The Morgan fingerprint density at radius 3 is 2.75 bits per heavy atom. The second-order valence-corrected chi connectivity index (χ2v) is 4.13. The van der Waals surface area contributed by atoms with E-state index in [1.807, 2.05) is 0 Å². The second-order valence-electron chi connectivity index (χ2n) is 4.13. The Labute approximate surface area is 74.3 Å². The van der Waals surface area contributed by atoms with Crippen LogP contribution in [0.25, 0.3) is 0 Å². The highest BCUT2D eigenvalue weighted by Crippen LogP contribution is 2.40. The van der Waals surface area contributed by atoms with Crippen molar-refractivity contribution in [3.63, 3.8) is 0 Å². The highest BCUT2D eigenvalue weighted by molar-refractivity contribution is 5.19. The van der Waals surface area contributed by atoms with Crippen LogP contribution in [0, 0.1) is 11.8 Å². The summed E-state index contributed by atoms with van der Waals surface area (Å²) in [5, 5.41) is 0. The quantitative estimate of drug-likeness (QED) is 0.630. The van der Waals surface area contributed by atoms with Crippen LogP contribution in [0.5, 0.6) is 0 Å². The summed E-state index contributed by atoms with van der Waals surface area (Å²) in [4.78, 5) is 0. The van der Waals surface area contributed by atoms with Crippen LogP contribution in [-0.4, -0.2) is 6.04 Å². The lowest BCUT2D eigenvalue weighted by Gasteiger charge is -2.17. The Balaban J connectivity index is 2.07. The van der Waals surface area contributed by atoms with E-state index in [2.05, 4.69) is 18.7 Å². The van der Waals surface area contributed by atoms with Crippen LogP contribution in [0.15, 0.2) is 24.3 Å². The molecule has 1 saturated carbocycles. The average molecular weight is 163 g/mol. The molecule has 66 valence electrons. The Kier molecular flexibility index (Phi) is 2.05. The van der Waals surface area contributed by atoms with Gasteiger partial charge in [0.25, 0.3) is 0 Å². The van der Waals surface area contributed by atoms with Gasteiger partial charge in [0.1, 0.15) is 0 Å². The van der Waals surface area contributed by atoms with E-state index in [9.17, 15) is 0 Å². The Hall–Kier alpha value is -0.560. The maximum atomic E-state index is 6.09. The van der Waals surface area contributed by atoms with E-state index in [1.165, 1.54) is 18.4 Å². The van der Waals surface area contributed by atoms with Gasteiger partial charge < -0.3 is 5.73 Å². The third-order valence-electron chi connectivity index (χ3n) is 3.01. The molecule has 0 radical (unpaired) electrons. The molecule has 2 rings (SSSR count). The molecule has 0 aromatic carbocycles. The van der Waals surface area contributed by atoms with Crippen molar-refractivity contribution in [3.05, 3.63) is 24.3 Å². The van der Waals surface area contributed by atoms with Gasteiger partial charge in [-0.25, -0.2) is 0 Å². The minimum Gasteiger partial charge on any atom is -0.327 e. The lowest BCUT2D eigenvalue weighted by Crippen LogP contribution is -2.29. The summed E-state index contributed by atoms with van der Waals surface area (Å²) in [6.07, 6.45) is 9.44. The number of hydrogen-bond donors (Lipinski definition) is 1. The van der Waals surface area contributed by atoms with E-state index in [-0.39, 0.29) is 0 Å². The molecule has 0 saturated heterocycles. The fraction of sp³-hybridized carbons (Fsp3) is 0.636. The molecule has 2 aliphatic rings. The van der Waals surface area contributed by atoms with Crippen molar-refractivity contribution in [2.45, 2.75) is 31.7 Å². The van der Waals surface area contributed by atoms with Crippen molar-refractivity contribution in [2.24, 2.45) is 17.6 Å². The Morgan fingerprint density at radius 1 is 1.33 bits per heavy atom. The molecule has 0 spiro atoms. The van der Waals surface area contributed by atoms with Crippen LogP contribution in [0.1, 0.15) is 25.7 Å². The number of hydrogen-bond acceptors (Lipinski definition) is 1. The van der Waals surface area contributed by atoms with Crippen LogP contribution in [-0.2, 0) is 0 Å². The molecule has 1 nitrogen and oxygen atoms in total. The number of rotatable bonds is 1. The summed E-state index contributed by atoms with van der Waals surface area (Å²) in [7, 11) is 0. The minimum atomic E-state index is 0.382. The first-order valence-electron chi connectivity index (χ1n) is 4.89. The highest BCUT2D eigenvalue weighted by Gasteiger charge is 2.33. The molecule has 0 aliphatic heterocycles. The normalized spacial score (nSPS) is 36.6. The average Bonchev–Trinajstić information content (AvgIpc) is 2.82. The molecule has 0 amide bonds. The van der Waals surface area contributed by atoms with Gasteiger partial charge in [-0.05, 0) is 37.5 Å². The monoisotopic (exact) mass is 163 g/mol. The summed E-state index contributed by atoms with van der Waals surface area (Å²) in [6, 6.07) is 0.382. The largest absolute Gasteiger partial charge is 0.327 e. The van der Waals surface area contributed by atoms with E-state index in [4.69, 9.17) is 5.73 Å². The van der Waals surface area contributed by atoms with Crippen molar-refractivity contribution >= 4 is 0 Å². The van der Waals surface area contributed by atoms with Gasteiger partial charge in [0, 0.05) is 6.04 Å². The van der Waals surface area contributed by atoms with Crippen LogP contribution in [0.2, 0.25) is 0 Å². The van der Waals surface area contributed by atoms with Crippen LogP contribution in [0.3, 0.4) is 0 Å². The summed E-state index contributed by atoms with van der Waals surface area (Å²) in [5.41, 5.74) is 7.33. The fourth-order valence-corrected chi connectivity index (χ4v) is 2.01. The maximum absolute atomic E-state index is 6.09. The van der Waals surface area contributed by atoms with Gasteiger partial charge in [0.15, 0.2) is 0 Å². The van der Waals surface area contributed by atoms with E-state index in [0.29, 0.717) is 12.0 Å². The molecule has 0 aromatic rings. The first-order chi connectivity index (χ1) is 5.77. The molecule has 0 aromatic heterocycles. The van der Waals surface area contributed by atoms with Gasteiger partial charge in [0.2, 0.25) is 0 Å². The summed E-state index contributed by atoms with van der Waals surface area (Å²) >= 11 is 0. The predicted molar refractivity (Wildman–Crippen MR) is 51.7 cm³/mol. The summed E-state index contributed by atoms with van der Waals surface area (Å²) in [6.45, 7) is 3.98. The van der Waals surface area contributed by atoms with Gasteiger partial charge in [-0.3, -0.25) is 0 Å². The van der Waals surface area contributed by atoms with Crippen molar-refractivity contribution in [2.75, 3.05) is 0 Å². The maximum Gasteiger partial charge on any atom is 0.0108 e. The SMILES string of the molecule is C=C1C=CC(C2CC2)C(N)CC1. The zero-order valence-electron chi connectivity index (χ0n) is 7.50. The van der Waals surface area contributed by atoms with Gasteiger partial charge in [-0.15, -0.1) is 0 Å². The third kappa shape index (κ3) is 1.61. The molecule has 12 heavy (non-hydrogen) atoms. The molecule has 2 unspecified atom stereocenters. The van der Waals surface area contributed by atoms with E-state index in [0.717, 1.165) is 18.8 Å². The molecular weight excluding hydrogens is 146 g/mol. The molecule has 2 N–H and O–H groups in total. The Morgan fingerprint density at radius 2 is 2.08 bits per heavy atom. The van der Waals surface area contributed by atoms with Gasteiger partial charge >= 0.3 is 0 Å². The molecule has 2 atom stereocenters. The van der Waals surface area contributed by atoms with Crippen molar-refractivity contribution in [3.8, 4) is 0 Å². The first-order valence-corrected chi connectivity index (χ1v) is 4.89. The van der Waals surface area contributed by atoms with Crippen molar-refractivity contribution < 1.29 is 0 Å². The van der Waals surface area contributed by atoms with E-state index < -0.39 is 0 Å². The topological polar surface area (TPSA) is 26.0 Å². The third-order valence-corrected chi connectivity index (χ3v) is 3.01. The van der Waals surface area contributed by atoms with Crippen molar-refractivity contribution in [1.82, 2.24) is 0 Å². The molecule has 0 heterocycles. The lowest BCUT2D eigenvalue weighted by atomic mass is 9.93. The number of allylic oxidation sites excluding steroid dienone is 2. The smallest absolute Gasteiger partial charge is 0.0108 e. The van der Waals surface area contributed by atoms with Crippen molar-refractivity contribution in [1.29, 1.82) is 0 Å². The van der Waals surface area contributed by atoms with E-state index >= 15 is 0 Å². The van der Waals surface area contributed by atoms with Crippen LogP contribution in [0.4, 0.5) is 0 Å². The molecule has 0 bridgehead atoms. The van der Waals surface area contributed by atoms with Gasteiger partial charge in [-0.1, -0.05) is 24.3 Å². The van der Waals surface area contributed by atoms with Crippen LogP contribution >= 0.6 is 0 Å². The first kappa shape index (κ1) is 8.06. The van der Waals surface area contributed by atoms with E-state index in [1.54, 1.807) is 0 Å². The Bertz CT molecular complexity index is 213. The van der Waals surface area contributed by atoms with Crippen LogP contribution < -0.4 is 5.73 Å². The summed E-state index contributed by atoms with van der Waals surface area (Å²) in [5.74, 6) is 1.53. The zero-order valence-corrected chi connectivity index (χ0v) is 7.50. The second kappa shape index (κ2) is 3.06. The lowest BCUT2D eigenvalue weighted by molar-refractivity contribution is 0.435. The predicted octanol–water partition coefficient (Wildman–Crippen LogP) is 2.25. The fourth-order valence-electron chi connectivity index (χ4n) is 2.01. The molecule has 2 aliphatic carbocycles. The van der Waals surface area contributed by atoms with Gasteiger partial charge in [0.05, 0.1) is 0 Å². The zero-order chi connectivity index (χ0) is 8.55. The molecule has 1 fully saturated rings. The molecule has 1 heteroatoms. The standard InChI is InChI=1S/C11H17N/c1-8-2-6-10(9-4-5-9)11(12)7-3-8/h2,6,9-11H,1,3-5,7,12H2.